The molecule has 210 valence electrons. The van der Waals surface area contributed by atoms with Gasteiger partial charge in [-0.25, -0.2) is 0 Å². The zero-order chi connectivity index (χ0) is 27.2. The van der Waals surface area contributed by atoms with Crippen molar-refractivity contribution in [1.29, 1.82) is 0 Å². The van der Waals surface area contributed by atoms with Crippen LogP contribution in [0.25, 0.3) is 0 Å². The second-order valence-corrected chi connectivity index (χ2v) is 15.8. The number of fused-ring (bicyclic) bond motifs is 7. The smallest absolute Gasteiger partial charge is 0.309 e. The van der Waals surface area contributed by atoms with Crippen LogP contribution in [-0.4, -0.2) is 23.1 Å². The maximum Gasteiger partial charge on any atom is 0.309 e. The number of carbonyl (C=O) groups excluding carboxylic acids is 1. The normalized spacial score (nSPS) is 50.4. The fourth-order valence-corrected chi connectivity index (χ4v) is 12.2. The Morgan fingerprint density at radius 2 is 1.54 bits per heavy atom. The number of carbonyl (C=O) groups is 2. The van der Waals surface area contributed by atoms with Gasteiger partial charge >= 0.3 is 11.9 Å². The van der Waals surface area contributed by atoms with Gasteiger partial charge in [0.15, 0.2) is 0 Å². The lowest BCUT2D eigenvalue weighted by molar-refractivity contribution is -0.251. The maximum atomic E-state index is 12.9. The van der Waals surface area contributed by atoms with E-state index in [2.05, 4.69) is 48.5 Å². The molecule has 0 radical (unpaired) electrons. The molecule has 4 nitrogen and oxygen atoms in total. The summed E-state index contributed by atoms with van der Waals surface area (Å²) in [7, 11) is 0. The Labute approximate surface area is 226 Å². The van der Waals surface area contributed by atoms with Crippen LogP contribution in [0, 0.1) is 62.6 Å². The minimum atomic E-state index is -0.507. The fraction of sp³-hybridized carbons (Fsp3) is 0.939. The number of hydrogen-bond donors (Lipinski definition) is 1. The fourth-order valence-electron chi connectivity index (χ4n) is 12.2. The highest BCUT2D eigenvalue weighted by molar-refractivity contribution is 5.76. The molecule has 1 N–H and O–H groups in total. The molecule has 5 saturated carbocycles. The summed E-state index contributed by atoms with van der Waals surface area (Å²) >= 11 is 0. The van der Waals surface area contributed by atoms with Crippen LogP contribution in [0.5, 0.6) is 0 Å². The van der Waals surface area contributed by atoms with Gasteiger partial charge in [0, 0.05) is 11.8 Å². The summed E-state index contributed by atoms with van der Waals surface area (Å²) in [6, 6.07) is 0. The highest BCUT2D eigenvalue weighted by Crippen LogP contribution is 2.77. The van der Waals surface area contributed by atoms with Crippen molar-refractivity contribution in [3.8, 4) is 0 Å². The molecule has 0 aliphatic heterocycles. The Balaban J connectivity index is 1.50. The first-order valence-electron chi connectivity index (χ1n) is 15.6. The molecular formula is C33H54O4. The first kappa shape index (κ1) is 27.5. The molecule has 0 heterocycles. The van der Waals surface area contributed by atoms with Gasteiger partial charge in [0.25, 0.3) is 0 Å². The number of ether oxygens (including phenoxy) is 1. The SMILES string of the molecule is CCC(=O)O[C@H]1CC[C@]2(C)[C@H]3CCC4[C@@H]5[C@H](C(C)C)CC[C@]5(C(=O)O)CC[C@@]4(C)[C@]3(C)CC[C@H]2C1(C)C. The molecule has 0 amide bonds. The van der Waals surface area contributed by atoms with E-state index in [4.69, 9.17) is 4.74 Å². The van der Waals surface area contributed by atoms with Crippen molar-refractivity contribution in [2.24, 2.45) is 62.6 Å². The average molecular weight is 515 g/mol. The summed E-state index contributed by atoms with van der Waals surface area (Å²) in [6.45, 7) is 19.1. The summed E-state index contributed by atoms with van der Waals surface area (Å²) < 4.78 is 6.04. The van der Waals surface area contributed by atoms with Crippen molar-refractivity contribution in [2.45, 2.75) is 132 Å². The number of esters is 1. The number of hydrogen-bond acceptors (Lipinski definition) is 3. The molecule has 5 aliphatic carbocycles. The Bertz CT molecular complexity index is 939. The Kier molecular flexibility index (Phi) is 6.48. The van der Waals surface area contributed by atoms with E-state index < -0.39 is 11.4 Å². The minimum absolute atomic E-state index is 0.0177. The maximum absolute atomic E-state index is 12.9. The summed E-state index contributed by atoms with van der Waals surface area (Å²) in [5.74, 6) is 2.57. The van der Waals surface area contributed by atoms with E-state index >= 15 is 0 Å². The third kappa shape index (κ3) is 3.51. The van der Waals surface area contributed by atoms with Crippen molar-refractivity contribution in [3.63, 3.8) is 0 Å². The average Bonchev–Trinajstić information content (AvgIpc) is 3.23. The highest BCUT2D eigenvalue weighted by Gasteiger charge is 2.72. The molecule has 0 aromatic carbocycles. The van der Waals surface area contributed by atoms with Gasteiger partial charge in [-0.3, -0.25) is 9.59 Å². The van der Waals surface area contributed by atoms with Crippen LogP contribution >= 0.6 is 0 Å². The van der Waals surface area contributed by atoms with Crippen LogP contribution in [0.1, 0.15) is 126 Å². The summed E-state index contributed by atoms with van der Waals surface area (Å²) in [4.78, 5) is 25.1. The molecule has 5 fully saturated rings. The van der Waals surface area contributed by atoms with E-state index in [9.17, 15) is 14.7 Å². The van der Waals surface area contributed by atoms with Gasteiger partial charge < -0.3 is 9.84 Å². The zero-order valence-electron chi connectivity index (χ0n) is 25.0. The molecule has 0 aromatic heterocycles. The number of rotatable bonds is 4. The lowest BCUT2D eigenvalue weighted by atomic mass is 9.32. The summed E-state index contributed by atoms with van der Waals surface area (Å²) in [5.41, 5.74) is 0.163. The standard InChI is InChI=1S/C33H54O4/c1-9-26(34)37-25-14-15-30(6)23(29(25,4)5)13-16-32(8)24(30)11-10-22-27-21(20(2)3)12-17-33(27,28(35)36)19-18-31(22,32)7/h20-25,27H,9-19H2,1-8H3,(H,35,36)/t21-,22?,23-,24+,25-,27-,30-,31+,32+,33-/m0/s1. The van der Waals surface area contributed by atoms with Crippen LogP contribution in [0.2, 0.25) is 0 Å². The quantitative estimate of drug-likeness (QED) is 0.385. The van der Waals surface area contributed by atoms with Crippen molar-refractivity contribution < 1.29 is 19.4 Å². The van der Waals surface area contributed by atoms with Crippen LogP contribution in [0.3, 0.4) is 0 Å². The van der Waals surface area contributed by atoms with Gasteiger partial charge in [-0.1, -0.05) is 55.4 Å². The lowest BCUT2D eigenvalue weighted by Gasteiger charge is -2.72. The predicted molar refractivity (Wildman–Crippen MR) is 147 cm³/mol. The molecule has 5 aliphatic rings. The predicted octanol–water partition coefficient (Wildman–Crippen LogP) is 8.13. The van der Waals surface area contributed by atoms with Gasteiger partial charge in [0.1, 0.15) is 6.10 Å². The molecule has 5 rings (SSSR count). The van der Waals surface area contributed by atoms with Crippen molar-refractivity contribution in [2.75, 3.05) is 0 Å². The van der Waals surface area contributed by atoms with Crippen LogP contribution in [0.15, 0.2) is 0 Å². The van der Waals surface area contributed by atoms with Gasteiger partial charge in [0.05, 0.1) is 5.41 Å². The number of carboxylic acids is 1. The molecular weight excluding hydrogens is 460 g/mol. The first-order chi connectivity index (χ1) is 17.2. The van der Waals surface area contributed by atoms with E-state index in [-0.39, 0.29) is 33.7 Å². The molecule has 1 unspecified atom stereocenters. The van der Waals surface area contributed by atoms with Crippen LogP contribution in [0.4, 0.5) is 0 Å². The van der Waals surface area contributed by atoms with Gasteiger partial charge in [-0.15, -0.1) is 0 Å². The third-order valence-electron chi connectivity index (χ3n) is 14.3. The Hall–Kier alpha value is -1.06. The van der Waals surface area contributed by atoms with E-state index in [1.54, 1.807) is 0 Å². The van der Waals surface area contributed by atoms with Gasteiger partial charge in [-0.05, 0) is 116 Å². The van der Waals surface area contributed by atoms with Crippen LogP contribution in [-0.2, 0) is 14.3 Å². The molecule has 4 heteroatoms. The molecule has 0 spiro atoms. The molecule has 0 saturated heterocycles. The number of aliphatic carboxylic acids is 1. The Morgan fingerprint density at radius 3 is 2.16 bits per heavy atom. The zero-order valence-corrected chi connectivity index (χ0v) is 25.0. The summed E-state index contributed by atoms with van der Waals surface area (Å²) in [5, 5.41) is 10.6. The van der Waals surface area contributed by atoms with Crippen molar-refractivity contribution in [3.05, 3.63) is 0 Å². The van der Waals surface area contributed by atoms with Crippen LogP contribution < -0.4 is 0 Å². The first-order valence-corrected chi connectivity index (χ1v) is 15.6. The van der Waals surface area contributed by atoms with E-state index in [1.165, 1.54) is 25.7 Å². The second kappa shape index (κ2) is 8.72. The van der Waals surface area contributed by atoms with E-state index in [0.29, 0.717) is 41.9 Å². The molecule has 0 aromatic rings. The molecule has 37 heavy (non-hydrogen) atoms. The van der Waals surface area contributed by atoms with E-state index in [0.717, 1.165) is 38.5 Å². The molecule has 10 atom stereocenters. The van der Waals surface area contributed by atoms with Gasteiger partial charge in [0.2, 0.25) is 0 Å². The lowest BCUT2D eigenvalue weighted by Crippen LogP contribution is -2.67. The van der Waals surface area contributed by atoms with Crippen molar-refractivity contribution in [1.82, 2.24) is 0 Å². The molecule has 0 bridgehead atoms. The minimum Gasteiger partial charge on any atom is -0.481 e. The second-order valence-electron chi connectivity index (χ2n) is 15.8. The largest absolute Gasteiger partial charge is 0.481 e. The third-order valence-corrected chi connectivity index (χ3v) is 14.3. The summed E-state index contributed by atoms with van der Waals surface area (Å²) in [6.07, 6.45) is 11.3. The monoisotopic (exact) mass is 514 g/mol. The Morgan fingerprint density at radius 1 is 0.838 bits per heavy atom. The topological polar surface area (TPSA) is 63.6 Å². The highest BCUT2D eigenvalue weighted by atomic mass is 16.5. The van der Waals surface area contributed by atoms with E-state index in [1.807, 2.05) is 6.92 Å². The van der Waals surface area contributed by atoms with Crippen molar-refractivity contribution >= 4 is 11.9 Å². The number of carboxylic acid groups (broad SMARTS) is 1. The van der Waals surface area contributed by atoms with Gasteiger partial charge in [-0.2, -0.15) is 0 Å².